The molecule has 0 N–H and O–H groups in total. The molecule has 6 aliphatic rings. The highest BCUT2D eigenvalue weighted by molar-refractivity contribution is 5.95. The van der Waals surface area contributed by atoms with Gasteiger partial charge in [-0.2, -0.15) is 4.40 Å². The minimum absolute atomic E-state index is 1.07. The Morgan fingerprint density at radius 3 is 1.80 bits per heavy atom. The fourth-order valence-corrected chi connectivity index (χ4v) is 11.5. The first kappa shape index (κ1) is 44.8. The average Bonchev–Trinajstić information content (AvgIpc) is 4.27. The molecule has 0 fully saturated rings. The van der Waals surface area contributed by atoms with Crippen molar-refractivity contribution in [2.75, 3.05) is 28.2 Å². The monoisotopic (exact) mass is 925 g/mol. The van der Waals surface area contributed by atoms with Gasteiger partial charge in [-0.05, 0) is 79.1 Å². The van der Waals surface area contributed by atoms with E-state index in [9.17, 15) is 0 Å². The predicted octanol–water partition coefficient (Wildman–Crippen LogP) is 10.7. The summed E-state index contributed by atoms with van der Waals surface area (Å²) in [5.41, 5.74) is 28.4. The molecule has 2 aliphatic carbocycles. The van der Waals surface area contributed by atoms with E-state index in [2.05, 4.69) is 257 Å². The average molecular weight is 925 g/mol. The minimum atomic E-state index is 1.07. The van der Waals surface area contributed by atoms with Gasteiger partial charge in [0.25, 0.3) is 11.5 Å². The van der Waals surface area contributed by atoms with Crippen LogP contribution in [0.25, 0.3) is 33.5 Å². The normalized spacial score (nSPS) is 16.0. The van der Waals surface area contributed by atoms with E-state index in [1.807, 2.05) is 0 Å². The number of imidazole rings is 2. The second-order valence-electron chi connectivity index (χ2n) is 20.1. The third kappa shape index (κ3) is 7.59. The van der Waals surface area contributed by atoms with Gasteiger partial charge in [-0.25, -0.2) is 27.1 Å². The Bertz CT molecular complexity index is 3820. The molecule has 0 amide bonds. The highest BCUT2D eigenvalue weighted by Crippen LogP contribution is 2.39. The molecule has 2 aromatic carbocycles. The fraction of sp³-hybridized carbons (Fsp3) is 0.262. The van der Waals surface area contributed by atoms with Crippen LogP contribution in [0, 0.1) is 6.92 Å². The third-order valence-electron chi connectivity index (χ3n) is 15.8. The molecular weight excluding hydrogens is 859 g/mol. The van der Waals surface area contributed by atoms with Gasteiger partial charge in [-0.15, -0.1) is 0 Å². The van der Waals surface area contributed by atoms with E-state index in [0.717, 1.165) is 32.1 Å². The maximum Gasteiger partial charge on any atom is 0.290 e. The molecule has 9 heteroatoms. The van der Waals surface area contributed by atoms with Gasteiger partial charge < -0.3 is 4.40 Å². The maximum atomic E-state index is 2.36. The molecular formula is C61H66N9+5. The summed E-state index contributed by atoms with van der Waals surface area (Å²) in [6.45, 7) is 11.0. The Morgan fingerprint density at radius 1 is 0.471 bits per heavy atom. The number of likely N-dealkylation sites (N-methyl/N-ethyl adjacent to an activating group) is 1. The molecule has 0 bridgehead atoms. The van der Waals surface area contributed by atoms with Crippen LogP contribution in [-0.2, 0) is 32.7 Å². The number of fused-ring (bicyclic) bond motifs is 13. The van der Waals surface area contributed by atoms with Crippen LogP contribution in [0.1, 0.15) is 79.7 Å². The summed E-state index contributed by atoms with van der Waals surface area (Å²) in [5.74, 6) is 1.33. The van der Waals surface area contributed by atoms with Crippen molar-refractivity contribution in [1.82, 2.24) is 17.8 Å². The summed E-state index contributed by atoms with van der Waals surface area (Å²) >= 11 is 0. The van der Waals surface area contributed by atoms with E-state index in [-0.39, 0.29) is 0 Å². The molecule has 0 radical (unpaired) electrons. The minimum Gasteiger partial charge on any atom is -0.314 e. The van der Waals surface area contributed by atoms with Gasteiger partial charge in [-0.3, -0.25) is 4.57 Å². The number of allylic oxidation sites excluding steroid dienone is 3. The van der Waals surface area contributed by atoms with Gasteiger partial charge in [0.1, 0.15) is 49.8 Å². The topological polar surface area (TPSA) is 34.3 Å². The Kier molecular flexibility index (Phi) is 11.3. The Hall–Kier alpha value is -7.65. The smallest absolute Gasteiger partial charge is 0.290 e. The van der Waals surface area contributed by atoms with Crippen LogP contribution in [-0.4, -0.2) is 87.1 Å². The highest BCUT2D eigenvalue weighted by atomic mass is 15.2. The molecule has 11 heterocycles. The van der Waals surface area contributed by atoms with Gasteiger partial charge in [-0.1, -0.05) is 60.7 Å². The largest absolute Gasteiger partial charge is 0.314 e. The van der Waals surface area contributed by atoms with Crippen LogP contribution in [0.15, 0.2) is 158 Å². The Balaban J connectivity index is 0.0000000952. The molecule has 9 nitrogen and oxygen atoms in total. The predicted molar refractivity (Wildman–Crippen MR) is 287 cm³/mol. The van der Waals surface area contributed by atoms with E-state index in [1.165, 1.54) is 114 Å². The maximum absolute atomic E-state index is 2.36. The number of pyridine rings is 3. The molecule has 350 valence electrons. The molecule has 0 atom stereocenters. The SMILES string of the molecule is CC1=[N+](C)C2=C(C1)Cc1ccccc12.CC1=[N+](C)C2=C(C1)c1ccccc1C2.CC1=[N+](C)c2c(cc3ccccn23)C1.CC1=[N+](C)c2cc3ccccn3c2C1.Cc1c2n3ccccc3c[n+]2cn1C. The van der Waals surface area contributed by atoms with Gasteiger partial charge in [0.2, 0.25) is 11.4 Å². The van der Waals surface area contributed by atoms with Gasteiger partial charge in [0, 0.05) is 62.6 Å². The van der Waals surface area contributed by atoms with Crippen molar-refractivity contribution in [1.29, 1.82) is 0 Å². The lowest BCUT2D eigenvalue weighted by molar-refractivity contribution is -0.510. The molecule has 4 aliphatic heterocycles. The molecule has 0 spiro atoms. The molecule has 7 aromatic heterocycles. The van der Waals surface area contributed by atoms with Crippen LogP contribution in [0.2, 0.25) is 0 Å². The highest BCUT2D eigenvalue weighted by Gasteiger charge is 2.36. The zero-order valence-electron chi connectivity index (χ0n) is 42.6. The van der Waals surface area contributed by atoms with Gasteiger partial charge in [0.05, 0.1) is 69.0 Å². The molecule has 0 unspecified atom stereocenters. The first-order valence-electron chi connectivity index (χ1n) is 24.8. The number of nitrogens with zero attached hydrogens (tertiary/aromatic N) is 9. The van der Waals surface area contributed by atoms with E-state index < -0.39 is 0 Å². The van der Waals surface area contributed by atoms with E-state index in [1.54, 1.807) is 11.1 Å². The number of aromatic nitrogens is 5. The Morgan fingerprint density at radius 2 is 1.06 bits per heavy atom. The second-order valence-corrected chi connectivity index (χ2v) is 20.1. The van der Waals surface area contributed by atoms with Crippen molar-refractivity contribution in [3.63, 3.8) is 0 Å². The van der Waals surface area contributed by atoms with Gasteiger partial charge in [0.15, 0.2) is 29.2 Å². The molecule has 15 rings (SSSR count). The number of hydrogen-bond acceptors (Lipinski definition) is 0. The number of aryl methyl sites for hydroxylation is 2. The fourth-order valence-electron chi connectivity index (χ4n) is 11.5. The summed E-state index contributed by atoms with van der Waals surface area (Å²) < 4.78 is 20.3. The van der Waals surface area contributed by atoms with Crippen molar-refractivity contribution >= 4 is 67.8 Å². The molecule has 0 saturated carbocycles. The summed E-state index contributed by atoms with van der Waals surface area (Å²) in [4.78, 5) is 0. The Labute approximate surface area is 411 Å². The zero-order chi connectivity index (χ0) is 48.5. The lowest BCUT2D eigenvalue weighted by Crippen LogP contribution is -2.14. The summed E-state index contributed by atoms with van der Waals surface area (Å²) in [6.07, 6.45) is 17.4. The van der Waals surface area contributed by atoms with E-state index in [0.29, 0.717) is 0 Å². The van der Waals surface area contributed by atoms with Crippen molar-refractivity contribution in [2.45, 2.75) is 73.1 Å². The zero-order valence-corrected chi connectivity index (χ0v) is 42.6. The van der Waals surface area contributed by atoms with Crippen LogP contribution in [0.4, 0.5) is 11.5 Å². The lowest BCUT2D eigenvalue weighted by atomic mass is 10.0. The quantitative estimate of drug-likeness (QED) is 0.136. The van der Waals surface area contributed by atoms with Crippen molar-refractivity contribution in [3.05, 3.63) is 197 Å². The van der Waals surface area contributed by atoms with Crippen LogP contribution < -0.4 is 4.40 Å². The summed E-state index contributed by atoms with van der Waals surface area (Å²) in [6, 6.07) is 40.9. The number of hydrogen-bond donors (Lipinski definition) is 0. The molecule has 0 saturated heterocycles. The first-order chi connectivity index (χ1) is 33.9. The molecule has 70 heavy (non-hydrogen) atoms. The standard InChI is InChI=1S/2C13H14N.2C12H13N2.C11H12N3/c1-9-7-11-8-10-5-3-4-6-12(10)13(11)14(9)2;1-9-7-12-11-6-4-3-5-10(11)8-13(12)14(9)2;1-9-7-10-8-11-5-3-4-6-14(11)12(10)13(9)2;1-9-7-12-11(13(9)2)8-10-5-3-4-6-14(10)12;1-9-11-13(8-12(9)2)7-10-5-3-4-6-14(10)11/h2*3-6H,7-8H2,1-2H3;2*3-6,8H,7H2,1-2H3;3-8H,1-2H3/q5*+1. The lowest BCUT2D eigenvalue weighted by Gasteiger charge is -2.01. The second kappa shape index (κ2) is 17.7. The van der Waals surface area contributed by atoms with E-state index >= 15 is 0 Å². The number of rotatable bonds is 0. The van der Waals surface area contributed by atoms with Crippen LogP contribution in [0.3, 0.4) is 0 Å². The first-order valence-corrected chi connectivity index (χ1v) is 24.8. The molecule has 9 aromatic rings. The van der Waals surface area contributed by atoms with Crippen molar-refractivity contribution in [2.24, 2.45) is 7.05 Å². The van der Waals surface area contributed by atoms with Crippen LogP contribution >= 0.6 is 0 Å². The summed E-state index contributed by atoms with van der Waals surface area (Å²) in [5, 5.41) is 0. The van der Waals surface area contributed by atoms with E-state index in [4.69, 9.17) is 0 Å². The van der Waals surface area contributed by atoms with Crippen molar-refractivity contribution < 1.29 is 22.7 Å². The van der Waals surface area contributed by atoms with Crippen LogP contribution in [0.5, 0.6) is 0 Å². The van der Waals surface area contributed by atoms with Gasteiger partial charge >= 0.3 is 0 Å². The number of benzene rings is 2. The summed E-state index contributed by atoms with van der Waals surface area (Å²) in [7, 11) is 10.7. The van der Waals surface area contributed by atoms with Crippen molar-refractivity contribution in [3.8, 4) is 0 Å². The third-order valence-corrected chi connectivity index (χ3v) is 15.8.